The van der Waals surface area contributed by atoms with Crippen LogP contribution in [-0.2, 0) is 9.84 Å². The van der Waals surface area contributed by atoms with Crippen LogP contribution in [0.15, 0.2) is 47.6 Å². The molecule has 1 heterocycles. The summed E-state index contributed by atoms with van der Waals surface area (Å²) in [6.45, 7) is 0. The van der Waals surface area contributed by atoms with Gasteiger partial charge in [0.2, 0.25) is 0 Å². The molecule has 98 valence electrons. The lowest BCUT2D eigenvalue weighted by Crippen LogP contribution is -2.00. The molecule has 0 saturated carbocycles. The van der Waals surface area contributed by atoms with Gasteiger partial charge in [0, 0.05) is 24.2 Å². The third-order valence-corrected chi connectivity index (χ3v) is 3.77. The summed E-state index contributed by atoms with van der Waals surface area (Å²) in [5.41, 5.74) is 1.19. The summed E-state index contributed by atoms with van der Waals surface area (Å²) in [7, 11) is -3.26. The predicted molar refractivity (Wildman–Crippen MR) is 69.7 cm³/mol. The summed E-state index contributed by atoms with van der Waals surface area (Å²) >= 11 is 0. The van der Waals surface area contributed by atoms with Gasteiger partial charge in [0.05, 0.1) is 10.5 Å². The maximum Gasteiger partial charge on any atom is 0.336 e. The van der Waals surface area contributed by atoms with Crippen LogP contribution in [0.1, 0.15) is 10.4 Å². The maximum absolute atomic E-state index is 11.3. The third-order valence-electron chi connectivity index (χ3n) is 2.64. The summed E-state index contributed by atoms with van der Waals surface area (Å²) < 4.78 is 22.7. The van der Waals surface area contributed by atoms with Crippen molar-refractivity contribution in [3.8, 4) is 11.1 Å². The first kappa shape index (κ1) is 13.2. The number of rotatable bonds is 3. The average Bonchev–Trinajstić information content (AvgIpc) is 2.38. The molecule has 0 aliphatic rings. The van der Waals surface area contributed by atoms with Gasteiger partial charge in [-0.15, -0.1) is 0 Å². The number of carbonyl (C=O) groups is 1. The highest BCUT2D eigenvalue weighted by atomic mass is 32.2. The number of benzene rings is 1. The molecule has 0 aliphatic heterocycles. The molecule has 0 radical (unpaired) electrons. The van der Waals surface area contributed by atoms with E-state index in [9.17, 15) is 13.2 Å². The van der Waals surface area contributed by atoms with Crippen molar-refractivity contribution < 1.29 is 18.3 Å². The van der Waals surface area contributed by atoms with Crippen molar-refractivity contribution in [1.29, 1.82) is 0 Å². The molecule has 6 heteroatoms. The maximum atomic E-state index is 11.3. The van der Waals surface area contributed by atoms with E-state index in [1.807, 2.05) is 0 Å². The molecule has 0 fully saturated rings. The first-order valence-corrected chi connectivity index (χ1v) is 7.26. The predicted octanol–water partition coefficient (Wildman–Crippen LogP) is 1.85. The zero-order chi connectivity index (χ0) is 14.0. The summed E-state index contributed by atoms with van der Waals surface area (Å²) in [4.78, 5) is 15.2. The first-order valence-electron chi connectivity index (χ1n) is 5.37. The van der Waals surface area contributed by atoms with Gasteiger partial charge >= 0.3 is 5.97 Å². The monoisotopic (exact) mass is 277 g/mol. The smallest absolute Gasteiger partial charge is 0.336 e. The Morgan fingerprint density at radius 3 is 2.32 bits per heavy atom. The molecule has 0 aliphatic carbocycles. The van der Waals surface area contributed by atoms with Crippen molar-refractivity contribution in [2.45, 2.75) is 4.90 Å². The van der Waals surface area contributed by atoms with Crippen LogP contribution in [0.4, 0.5) is 0 Å². The highest BCUT2D eigenvalue weighted by molar-refractivity contribution is 7.90. The van der Waals surface area contributed by atoms with Crippen molar-refractivity contribution >= 4 is 15.8 Å². The number of sulfone groups is 1. The number of aromatic carboxylic acids is 1. The van der Waals surface area contributed by atoms with Crippen molar-refractivity contribution in [2.24, 2.45) is 0 Å². The molecule has 0 bridgehead atoms. The Kier molecular flexibility index (Phi) is 3.35. The van der Waals surface area contributed by atoms with E-state index >= 15 is 0 Å². The quantitative estimate of drug-likeness (QED) is 0.925. The minimum absolute atomic E-state index is 0.127. The van der Waals surface area contributed by atoms with E-state index in [2.05, 4.69) is 4.98 Å². The number of carboxylic acid groups (broad SMARTS) is 1. The number of hydrogen-bond acceptors (Lipinski definition) is 4. The lowest BCUT2D eigenvalue weighted by molar-refractivity contribution is 0.0697. The lowest BCUT2D eigenvalue weighted by atomic mass is 10.0. The number of carboxylic acids is 1. The van der Waals surface area contributed by atoms with Gasteiger partial charge in [0.15, 0.2) is 9.84 Å². The number of nitrogens with zero attached hydrogens (tertiary/aromatic N) is 1. The molecule has 1 aromatic carbocycles. The van der Waals surface area contributed by atoms with E-state index in [1.54, 1.807) is 12.1 Å². The number of pyridine rings is 1. The van der Waals surface area contributed by atoms with Crippen LogP contribution < -0.4 is 0 Å². The van der Waals surface area contributed by atoms with Crippen LogP contribution in [0.3, 0.4) is 0 Å². The lowest BCUT2D eigenvalue weighted by Gasteiger charge is -2.06. The minimum atomic E-state index is -3.26. The molecule has 5 nitrogen and oxygen atoms in total. The molecule has 0 amide bonds. The largest absolute Gasteiger partial charge is 0.478 e. The summed E-state index contributed by atoms with van der Waals surface area (Å²) in [5.74, 6) is -1.05. The van der Waals surface area contributed by atoms with E-state index in [4.69, 9.17) is 5.11 Å². The summed E-state index contributed by atoms with van der Waals surface area (Å²) in [6, 6.07) is 7.44. The van der Waals surface area contributed by atoms with E-state index in [-0.39, 0.29) is 10.5 Å². The molecule has 0 saturated heterocycles. The normalized spacial score (nSPS) is 11.2. The van der Waals surface area contributed by atoms with Gasteiger partial charge in [-0.3, -0.25) is 4.98 Å². The minimum Gasteiger partial charge on any atom is -0.478 e. The van der Waals surface area contributed by atoms with Gasteiger partial charge in [-0.1, -0.05) is 12.1 Å². The number of aromatic nitrogens is 1. The van der Waals surface area contributed by atoms with Crippen LogP contribution >= 0.6 is 0 Å². The molecule has 2 rings (SSSR count). The van der Waals surface area contributed by atoms with E-state index in [0.29, 0.717) is 11.1 Å². The van der Waals surface area contributed by atoms with Crippen LogP contribution in [0.2, 0.25) is 0 Å². The zero-order valence-corrected chi connectivity index (χ0v) is 10.9. The Bertz CT molecular complexity index is 721. The van der Waals surface area contributed by atoms with Gasteiger partial charge in [-0.25, -0.2) is 13.2 Å². The van der Waals surface area contributed by atoms with Gasteiger partial charge in [-0.05, 0) is 23.8 Å². The van der Waals surface area contributed by atoms with E-state index in [0.717, 1.165) is 6.26 Å². The molecule has 1 aromatic heterocycles. The molecule has 0 atom stereocenters. The highest BCUT2D eigenvalue weighted by Crippen LogP contribution is 2.24. The van der Waals surface area contributed by atoms with Crippen LogP contribution in [0, 0.1) is 0 Å². The fourth-order valence-corrected chi connectivity index (χ4v) is 2.32. The van der Waals surface area contributed by atoms with Crippen molar-refractivity contribution in [2.75, 3.05) is 6.26 Å². The second-order valence-electron chi connectivity index (χ2n) is 4.02. The Hall–Kier alpha value is -2.21. The zero-order valence-electron chi connectivity index (χ0n) is 10.1. The SMILES string of the molecule is CS(=O)(=O)c1ccc(-c2cnccc2C(=O)O)cc1. The fraction of sp³-hybridized carbons (Fsp3) is 0.0769. The molecular weight excluding hydrogens is 266 g/mol. The molecule has 19 heavy (non-hydrogen) atoms. The van der Waals surface area contributed by atoms with E-state index < -0.39 is 15.8 Å². The fourth-order valence-electron chi connectivity index (χ4n) is 1.69. The van der Waals surface area contributed by atoms with Gasteiger partial charge in [0.1, 0.15) is 0 Å². The van der Waals surface area contributed by atoms with E-state index in [1.165, 1.54) is 30.6 Å². The highest BCUT2D eigenvalue weighted by Gasteiger charge is 2.12. The first-order chi connectivity index (χ1) is 8.89. The van der Waals surface area contributed by atoms with Gasteiger partial charge in [-0.2, -0.15) is 0 Å². The third kappa shape index (κ3) is 2.79. The topological polar surface area (TPSA) is 84.3 Å². The molecule has 0 spiro atoms. The second kappa shape index (κ2) is 4.81. The van der Waals surface area contributed by atoms with Crippen molar-refractivity contribution in [1.82, 2.24) is 4.98 Å². The van der Waals surface area contributed by atoms with Gasteiger partial charge < -0.3 is 5.11 Å². The molecule has 1 N–H and O–H groups in total. The molecular formula is C13H11NO4S. The standard InChI is InChI=1S/C13H11NO4S/c1-19(17,18)10-4-2-9(3-5-10)12-8-14-7-6-11(12)13(15)16/h2-8H,1H3,(H,15,16). The van der Waals surface area contributed by atoms with Crippen LogP contribution in [-0.4, -0.2) is 30.7 Å². The van der Waals surface area contributed by atoms with Crippen LogP contribution in [0.5, 0.6) is 0 Å². The Balaban J connectivity index is 2.52. The van der Waals surface area contributed by atoms with Crippen molar-refractivity contribution in [3.63, 3.8) is 0 Å². The summed E-state index contributed by atoms with van der Waals surface area (Å²) in [6.07, 6.45) is 3.96. The molecule has 0 unspecified atom stereocenters. The second-order valence-corrected chi connectivity index (χ2v) is 6.04. The Labute approximate surface area is 110 Å². The Morgan fingerprint density at radius 1 is 1.16 bits per heavy atom. The Morgan fingerprint density at radius 2 is 1.79 bits per heavy atom. The van der Waals surface area contributed by atoms with Crippen molar-refractivity contribution in [3.05, 3.63) is 48.3 Å². The molecule has 2 aromatic rings. The average molecular weight is 277 g/mol. The van der Waals surface area contributed by atoms with Crippen LogP contribution in [0.25, 0.3) is 11.1 Å². The van der Waals surface area contributed by atoms with Gasteiger partial charge in [0.25, 0.3) is 0 Å². The summed E-state index contributed by atoms with van der Waals surface area (Å²) in [5, 5.41) is 9.09. The number of hydrogen-bond donors (Lipinski definition) is 1.